The Labute approximate surface area is 88.6 Å². The Kier molecular flexibility index (Phi) is 2.73. The number of carbonyl (C=O) groups is 1. The molecule has 1 saturated heterocycles. The van der Waals surface area contributed by atoms with Crippen LogP contribution in [-0.4, -0.2) is 28.2 Å². The minimum atomic E-state index is -0.389. The van der Waals surface area contributed by atoms with E-state index in [2.05, 4.69) is 20.8 Å². The first-order valence-corrected chi connectivity index (χ1v) is 5.22. The molecule has 2 heterocycles. The first kappa shape index (κ1) is 10.2. The SMILES string of the molecule is CC1(C(=O)NCc2ccn[nH]2)CCCN1. The van der Waals surface area contributed by atoms with Crippen molar-refractivity contribution >= 4 is 5.91 Å². The predicted octanol–water partition coefficient (Wildman–Crippen LogP) is 0.168. The summed E-state index contributed by atoms with van der Waals surface area (Å²) in [5, 5.41) is 12.8. The first-order valence-electron chi connectivity index (χ1n) is 5.22. The van der Waals surface area contributed by atoms with E-state index >= 15 is 0 Å². The highest BCUT2D eigenvalue weighted by molar-refractivity contribution is 5.86. The average Bonchev–Trinajstić information content (AvgIpc) is 2.85. The summed E-state index contributed by atoms with van der Waals surface area (Å²) < 4.78 is 0. The number of aromatic amines is 1. The van der Waals surface area contributed by atoms with E-state index in [1.54, 1.807) is 6.20 Å². The highest BCUT2D eigenvalue weighted by Crippen LogP contribution is 2.18. The van der Waals surface area contributed by atoms with Crippen LogP contribution in [0, 0.1) is 0 Å². The molecule has 1 atom stereocenters. The molecule has 1 aliphatic heterocycles. The van der Waals surface area contributed by atoms with Gasteiger partial charge in [0, 0.05) is 6.20 Å². The van der Waals surface area contributed by atoms with Crippen LogP contribution < -0.4 is 10.6 Å². The second kappa shape index (κ2) is 4.02. The number of hydrogen-bond acceptors (Lipinski definition) is 3. The van der Waals surface area contributed by atoms with Gasteiger partial charge in [0.2, 0.25) is 5.91 Å². The van der Waals surface area contributed by atoms with Crippen molar-refractivity contribution in [3.8, 4) is 0 Å². The van der Waals surface area contributed by atoms with Crippen LogP contribution in [-0.2, 0) is 11.3 Å². The highest BCUT2D eigenvalue weighted by atomic mass is 16.2. The van der Waals surface area contributed by atoms with Crippen LogP contribution >= 0.6 is 0 Å². The standard InChI is InChI=1S/C10H16N4O/c1-10(4-2-5-12-10)9(15)11-7-8-3-6-13-14-8/h3,6,12H,2,4-5,7H2,1H3,(H,11,15)(H,13,14). The van der Waals surface area contributed by atoms with Gasteiger partial charge in [0.25, 0.3) is 0 Å². The molecule has 1 fully saturated rings. The minimum absolute atomic E-state index is 0.0644. The topological polar surface area (TPSA) is 69.8 Å². The summed E-state index contributed by atoms with van der Waals surface area (Å²) in [7, 11) is 0. The molecule has 15 heavy (non-hydrogen) atoms. The second-order valence-corrected chi connectivity index (χ2v) is 4.13. The van der Waals surface area contributed by atoms with E-state index in [0.717, 1.165) is 25.1 Å². The lowest BCUT2D eigenvalue weighted by molar-refractivity contribution is -0.126. The number of carbonyl (C=O) groups excluding carboxylic acids is 1. The summed E-state index contributed by atoms with van der Waals surface area (Å²) in [6.07, 6.45) is 3.65. The van der Waals surface area contributed by atoms with Crippen LogP contribution in [0.15, 0.2) is 12.3 Å². The monoisotopic (exact) mass is 208 g/mol. The quantitative estimate of drug-likeness (QED) is 0.663. The zero-order valence-electron chi connectivity index (χ0n) is 8.84. The van der Waals surface area contributed by atoms with E-state index in [9.17, 15) is 4.79 Å². The second-order valence-electron chi connectivity index (χ2n) is 4.13. The molecule has 5 heteroatoms. The third-order valence-electron chi connectivity index (χ3n) is 2.87. The third-order valence-corrected chi connectivity index (χ3v) is 2.87. The number of H-pyrrole nitrogens is 1. The Morgan fingerprint density at radius 1 is 1.73 bits per heavy atom. The molecular weight excluding hydrogens is 192 g/mol. The Morgan fingerprint density at radius 3 is 3.20 bits per heavy atom. The van der Waals surface area contributed by atoms with Gasteiger partial charge in [0.05, 0.1) is 17.8 Å². The Hall–Kier alpha value is -1.36. The van der Waals surface area contributed by atoms with Crippen LogP contribution in [0.2, 0.25) is 0 Å². The molecule has 0 saturated carbocycles. The molecule has 1 aromatic heterocycles. The maximum absolute atomic E-state index is 11.9. The molecule has 0 spiro atoms. The molecule has 0 radical (unpaired) electrons. The molecule has 1 aromatic rings. The average molecular weight is 208 g/mol. The fourth-order valence-corrected chi connectivity index (χ4v) is 1.84. The van der Waals surface area contributed by atoms with Crippen LogP contribution in [0.1, 0.15) is 25.5 Å². The van der Waals surface area contributed by atoms with Gasteiger partial charge >= 0.3 is 0 Å². The molecule has 1 amide bonds. The third kappa shape index (κ3) is 2.18. The van der Waals surface area contributed by atoms with E-state index in [0.29, 0.717) is 6.54 Å². The zero-order valence-corrected chi connectivity index (χ0v) is 8.84. The van der Waals surface area contributed by atoms with Crippen LogP contribution in [0.3, 0.4) is 0 Å². The molecular formula is C10H16N4O. The van der Waals surface area contributed by atoms with Crippen molar-refractivity contribution in [3.05, 3.63) is 18.0 Å². The molecule has 0 aliphatic carbocycles. The number of nitrogens with zero attached hydrogens (tertiary/aromatic N) is 1. The Bertz CT molecular complexity index is 327. The Balaban J connectivity index is 1.87. The molecule has 3 N–H and O–H groups in total. The van der Waals surface area contributed by atoms with Crippen molar-refractivity contribution in [2.24, 2.45) is 0 Å². The number of nitrogens with one attached hydrogen (secondary N) is 3. The zero-order chi connectivity index (χ0) is 10.7. The Morgan fingerprint density at radius 2 is 2.60 bits per heavy atom. The lowest BCUT2D eigenvalue weighted by atomic mass is 9.99. The number of hydrogen-bond donors (Lipinski definition) is 3. The van der Waals surface area contributed by atoms with E-state index in [1.165, 1.54) is 0 Å². The summed E-state index contributed by atoms with van der Waals surface area (Å²) in [6, 6.07) is 1.85. The summed E-state index contributed by atoms with van der Waals surface area (Å²) in [5.41, 5.74) is 0.532. The van der Waals surface area contributed by atoms with Gasteiger partial charge in [-0.1, -0.05) is 0 Å². The lowest BCUT2D eigenvalue weighted by Gasteiger charge is -2.22. The van der Waals surface area contributed by atoms with Gasteiger partial charge in [-0.05, 0) is 32.4 Å². The first-order chi connectivity index (χ1) is 7.21. The highest BCUT2D eigenvalue weighted by Gasteiger charge is 2.35. The summed E-state index contributed by atoms with van der Waals surface area (Å²) in [6.45, 7) is 3.38. The van der Waals surface area contributed by atoms with Crippen molar-refractivity contribution < 1.29 is 4.79 Å². The maximum atomic E-state index is 11.9. The van der Waals surface area contributed by atoms with Gasteiger partial charge in [0.1, 0.15) is 0 Å². The van der Waals surface area contributed by atoms with Gasteiger partial charge in [-0.15, -0.1) is 0 Å². The van der Waals surface area contributed by atoms with Crippen molar-refractivity contribution in [1.82, 2.24) is 20.8 Å². The number of rotatable bonds is 3. The summed E-state index contributed by atoms with van der Waals surface area (Å²) >= 11 is 0. The van der Waals surface area contributed by atoms with Gasteiger partial charge in [-0.3, -0.25) is 9.89 Å². The largest absolute Gasteiger partial charge is 0.349 e. The predicted molar refractivity (Wildman–Crippen MR) is 56.1 cm³/mol. The summed E-state index contributed by atoms with van der Waals surface area (Å²) in [4.78, 5) is 11.9. The fourth-order valence-electron chi connectivity index (χ4n) is 1.84. The van der Waals surface area contributed by atoms with E-state index < -0.39 is 0 Å². The lowest BCUT2D eigenvalue weighted by Crippen LogP contribution is -2.50. The molecule has 0 bridgehead atoms. The molecule has 0 aromatic carbocycles. The van der Waals surface area contributed by atoms with E-state index in [1.807, 2.05) is 13.0 Å². The molecule has 82 valence electrons. The van der Waals surface area contributed by atoms with Crippen molar-refractivity contribution in [3.63, 3.8) is 0 Å². The normalized spacial score (nSPS) is 25.4. The van der Waals surface area contributed by atoms with Crippen LogP contribution in [0.25, 0.3) is 0 Å². The van der Waals surface area contributed by atoms with Gasteiger partial charge in [-0.2, -0.15) is 5.10 Å². The fraction of sp³-hybridized carbons (Fsp3) is 0.600. The van der Waals surface area contributed by atoms with E-state index in [4.69, 9.17) is 0 Å². The number of amides is 1. The van der Waals surface area contributed by atoms with Crippen molar-refractivity contribution in [2.75, 3.05) is 6.54 Å². The maximum Gasteiger partial charge on any atom is 0.240 e. The van der Waals surface area contributed by atoms with Crippen molar-refractivity contribution in [2.45, 2.75) is 31.8 Å². The molecule has 1 aliphatic rings. The van der Waals surface area contributed by atoms with Gasteiger partial charge in [-0.25, -0.2) is 0 Å². The van der Waals surface area contributed by atoms with Crippen molar-refractivity contribution in [1.29, 1.82) is 0 Å². The van der Waals surface area contributed by atoms with E-state index in [-0.39, 0.29) is 11.4 Å². The molecule has 2 rings (SSSR count). The van der Waals surface area contributed by atoms with Crippen LogP contribution in [0.4, 0.5) is 0 Å². The smallest absolute Gasteiger partial charge is 0.240 e. The molecule has 5 nitrogen and oxygen atoms in total. The van der Waals surface area contributed by atoms with Gasteiger partial charge in [0.15, 0.2) is 0 Å². The molecule has 1 unspecified atom stereocenters. The van der Waals surface area contributed by atoms with Gasteiger partial charge < -0.3 is 10.6 Å². The minimum Gasteiger partial charge on any atom is -0.349 e. The number of aromatic nitrogens is 2. The summed E-state index contributed by atoms with van der Waals surface area (Å²) in [5.74, 6) is 0.0644. The van der Waals surface area contributed by atoms with Crippen LogP contribution in [0.5, 0.6) is 0 Å².